The van der Waals surface area contributed by atoms with Gasteiger partial charge >= 0.3 is 5.97 Å². The predicted octanol–water partition coefficient (Wildman–Crippen LogP) is 2.42. The molecule has 0 aromatic heterocycles. The van der Waals surface area contributed by atoms with E-state index < -0.39 is 5.97 Å². The molecule has 0 saturated carbocycles. The molecule has 1 saturated heterocycles. The van der Waals surface area contributed by atoms with E-state index in [1.165, 1.54) is 0 Å². The molecule has 1 aromatic carbocycles. The van der Waals surface area contributed by atoms with Gasteiger partial charge in [0.1, 0.15) is 0 Å². The van der Waals surface area contributed by atoms with Crippen molar-refractivity contribution in [2.24, 2.45) is 0 Å². The second-order valence-electron chi connectivity index (χ2n) is 5.42. The Morgan fingerprint density at radius 2 is 2.25 bits per heavy atom. The van der Waals surface area contributed by atoms with Gasteiger partial charge in [-0.25, -0.2) is 0 Å². The lowest BCUT2D eigenvalue weighted by atomic mass is 10.0. The molecule has 108 valence electrons. The van der Waals surface area contributed by atoms with Crippen LogP contribution in [-0.4, -0.2) is 35.4 Å². The lowest BCUT2D eigenvalue weighted by Gasteiger charge is -2.30. The van der Waals surface area contributed by atoms with Gasteiger partial charge in [-0.1, -0.05) is 6.07 Å². The minimum Gasteiger partial charge on any atom is -0.481 e. The molecule has 20 heavy (non-hydrogen) atoms. The summed E-state index contributed by atoms with van der Waals surface area (Å²) in [4.78, 5) is 13.2. The number of likely N-dealkylation sites (tertiary alicyclic amines) is 1. The maximum atomic E-state index is 11.0. The summed E-state index contributed by atoms with van der Waals surface area (Å²) >= 11 is 0. The normalized spacial score (nSPS) is 22.9. The molecule has 0 spiro atoms. The molecule has 0 aliphatic carbocycles. The largest absolute Gasteiger partial charge is 0.481 e. The molecule has 0 radical (unpaired) electrons. The van der Waals surface area contributed by atoms with Crippen LogP contribution < -0.4 is 9.47 Å². The van der Waals surface area contributed by atoms with Crippen molar-refractivity contribution in [3.63, 3.8) is 0 Å². The summed E-state index contributed by atoms with van der Waals surface area (Å²) < 4.78 is 10.7. The first-order chi connectivity index (χ1) is 9.65. The van der Waals surface area contributed by atoms with Gasteiger partial charge in [0.2, 0.25) is 6.79 Å². The number of hydrogen-bond donors (Lipinski definition) is 1. The Balaban J connectivity index is 1.77. The Morgan fingerprint density at radius 3 is 3.05 bits per heavy atom. The number of carboxylic acid groups (broad SMARTS) is 1. The fourth-order valence-corrected chi connectivity index (χ4v) is 3.15. The van der Waals surface area contributed by atoms with E-state index in [1.807, 2.05) is 18.2 Å². The summed E-state index contributed by atoms with van der Waals surface area (Å²) in [5, 5.41) is 9.01. The molecule has 0 bridgehead atoms. The Bertz CT molecular complexity index is 517. The number of aliphatic carboxylic acids is 1. The zero-order chi connectivity index (χ0) is 14.1. The highest BCUT2D eigenvalue weighted by Crippen LogP contribution is 2.37. The molecule has 1 fully saturated rings. The van der Waals surface area contributed by atoms with Gasteiger partial charge in [-0.3, -0.25) is 9.69 Å². The molecule has 1 N–H and O–H groups in total. The van der Waals surface area contributed by atoms with Gasteiger partial charge in [0, 0.05) is 12.1 Å². The SMILES string of the molecule is CC(c1ccc2c(c1)OCO2)N1CCCC1CC(=O)O. The van der Waals surface area contributed by atoms with E-state index in [2.05, 4.69) is 11.8 Å². The summed E-state index contributed by atoms with van der Waals surface area (Å²) in [6, 6.07) is 6.29. The second kappa shape index (κ2) is 5.32. The van der Waals surface area contributed by atoms with Crippen LogP contribution in [0, 0.1) is 0 Å². The van der Waals surface area contributed by atoms with Crippen LogP contribution in [-0.2, 0) is 4.79 Å². The highest BCUT2D eigenvalue weighted by atomic mass is 16.7. The van der Waals surface area contributed by atoms with Crippen molar-refractivity contribution < 1.29 is 19.4 Å². The quantitative estimate of drug-likeness (QED) is 0.916. The number of carboxylic acids is 1. The van der Waals surface area contributed by atoms with Crippen molar-refractivity contribution in [2.75, 3.05) is 13.3 Å². The monoisotopic (exact) mass is 277 g/mol. The number of rotatable bonds is 4. The molecule has 5 nitrogen and oxygen atoms in total. The van der Waals surface area contributed by atoms with Gasteiger partial charge in [0.25, 0.3) is 0 Å². The number of carbonyl (C=O) groups is 1. The van der Waals surface area contributed by atoms with E-state index >= 15 is 0 Å². The molecule has 2 aliphatic rings. The summed E-state index contributed by atoms with van der Waals surface area (Å²) in [5.74, 6) is 0.840. The summed E-state index contributed by atoms with van der Waals surface area (Å²) in [6.07, 6.45) is 2.24. The van der Waals surface area contributed by atoms with Crippen LogP contribution in [0.15, 0.2) is 18.2 Å². The second-order valence-corrected chi connectivity index (χ2v) is 5.42. The Kier molecular flexibility index (Phi) is 3.53. The third-order valence-electron chi connectivity index (χ3n) is 4.21. The van der Waals surface area contributed by atoms with Gasteiger partial charge in [-0.05, 0) is 44.0 Å². The molecule has 3 rings (SSSR count). The number of nitrogens with zero attached hydrogens (tertiary/aromatic N) is 1. The first kappa shape index (κ1) is 13.2. The lowest BCUT2D eigenvalue weighted by molar-refractivity contribution is -0.138. The van der Waals surface area contributed by atoms with E-state index in [1.54, 1.807) is 0 Å². The zero-order valence-electron chi connectivity index (χ0n) is 11.5. The van der Waals surface area contributed by atoms with Crippen molar-refractivity contribution in [3.8, 4) is 11.5 Å². The van der Waals surface area contributed by atoms with Crippen LogP contribution in [0.3, 0.4) is 0 Å². The Hall–Kier alpha value is -1.75. The van der Waals surface area contributed by atoms with Crippen LogP contribution in [0.2, 0.25) is 0 Å². The molecule has 1 aromatic rings. The number of fused-ring (bicyclic) bond motifs is 1. The van der Waals surface area contributed by atoms with Crippen molar-refractivity contribution in [2.45, 2.75) is 38.3 Å². The molecule has 2 aliphatic heterocycles. The van der Waals surface area contributed by atoms with E-state index in [9.17, 15) is 4.79 Å². The van der Waals surface area contributed by atoms with E-state index in [0.29, 0.717) is 0 Å². The van der Waals surface area contributed by atoms with Crippen LogP contribution >= 0.6 is 0 Å². The number of ether oxygens (including phenoxy) is 2. The first-order valence-electron chi connectivity index (χ1n) is 7.02. The topological polar surface area (TPSA) is 59.0 Å². The van der Waals surface area contributed by atoms with Gasteiger partial charge in [-0.15, -0.1) is 0 Å². The van der Waals surface area contributed by atoms with Gasteiger partial charge in [-0.2, -0.15) is 0 Å². The fraction of sp³-hybridized carbons (Fsp3) is 0.533. The van der Waals surface area contributed by atoms with Crippen LogP contribution in [0.4, 0.5) is 0 Å². The smallest absolute Gasteiger partial charge is 0.304 e. The lowest BCUT2D eigenvalue weighted by Crippen LogP contribution is -2.33. The van der Waals surface area contributed by atoms with Crippen LogP contribution in [0.25, 0.3) is 0 Å². The van der Waals surface area contributed by atoms with Crippen LogP contribution in [0.5, 0.6) is 11.5 Å². The van der Waals surface area contributed by atoms with E-state index in [4.69, 9.17) is 14.6 Å². The van der Waals surface area contributed by atoms with Crippen molar-refractivity contribution in [1.82, 2.24) is 4.90 Å². The molecule has 2 atom stereocenters. The minimum atomic E-state index is -0.722. The third kappa shape index (κ3) is 2.45. The highest BCUT2D eigenvalue weighted by Gasteiger charge is 2.31. The fourth-order valence-electron chi connectivity index (χ4n) is 3.15. The van der Waals surface area contributed by atoms with Gasteiger partial charge < -0.3 is 14.6 Å². The molecule has 2 heterocycles. The maximum absolute atomic E-state index is 11.0. The average molecular weight is 277 g/mol. The molecular formula is C15H19NO4. The summed E-state index contributed by atoms with van der Waals surface area (Å²) in [7, 11) is 0. The summed E-state index contributed by atoms with van der Waals surface area (Å²) in [6.45, 7) is 3.35. The predicted molar refractivity (Wildman–Crippen MR) is 73.0 cm³/mol. The molecule has 0 amide bonds. The van der Waals surface area contributed by atoms with Crippen molar-refractivity contribution in [3.05, 3.63) is 23.8 Å². The molecule has 5 heteroatoms. The molecular weight excluding hydrogens is 258 g/mol. The van der Waals surface area contributed by atoms with Gasteiger partial charge in [0.05, 0.1) is 6.42 Å². The standard InChI is InChI=1S/C15H19NO4/c1-10(16-6-2-3-12(16)8-15(17)18)11-4-5-13-14(7-11)20-9-19-13/h4-5,7,10,12H,2-3,6,8-9H2,1H3,(H,17,18). The average Bonchev–Trinajstić information content (AvgIpc) is 3.04. The Labute approximate surface area is 118 Å². The van der Waals surface area contributed by atoms with Gasteiger partial charge in [0.15, 0.2) is 11.5 Å². The maximum Gasteiger partial charge on any atom is 0.304 e. The Morgan fingerprint density at radius 1 is 1.45 bits per heavy atom. The highest BCUT2D eigenvalue weighted by molar-refractivity contribution is 5.67. The first-order valence-corrected chi connectivity index (χ1v) is 7.02. The van der Waals surface area contributed by atoms with Crippen molar-refractivity contribution in [1.29, 1.82) is 0 Å². The van der Waals surface area contributed by atoms with E-state index in [-0.39, 0.29) is 25.3 Å². The van der Waals surface area contributed by atoms with Crippen molar-refractivity contribution >= 4 is 5.97 Å². The number of benzene rings is 1. The third-order valence-corrected chi connectivity index (χ3v) is 4.21. The minimum absolute atomic E-state index is 0.132. The van der Waals surface area contributed by atoms with Crippen LogP contribution in [0.1, 0.15) is 37.8 Å². The van der Waals surface area contributed by atoms with E-state index in [0.717, 1.165) is 36.4 Å². The zero-order valence-corrected chi connectivity index (χ0v) is 11.5. The number of hydrogen-bond acceptors (Lipinski definition) is 4. The summed E-state index contributed by atoms with van der Waals surface area (Å²) in [5.41, 5.74) is 1.14. The molecule has 2 unspecified atom stereocenters.